The maximum Gasteiger partial charge on any atom is 0.277 e. The van der Waals surface area contributed by atoms with Crippen LogP contribution in [0.15, 0.2) is 70.6 Å². The van der Waals surface area contributed by atoms with Gasteiger partial charge in [0.1, 0.15) is 0 Å². The van der Waals surface area contributed by atoms with Crippen LogP contribution in [0.2, 0.25) is 0 Å². The average Bonchev–Trinajstić information content (AvgIpc) is 2.71. The van der Waals surface area contributed by atoms with Crippen molar-refractivity contribution in [2.45, 2.75) is 24.3 Å². The molecule has 0 saturated carbocycles. The largest absolute Gasteiger partial charge is 0.314 e. The summed E-state index contributed by atoms with van der Waals surface area (Å²) >= 11 is 1.35. The van der Waals surface area contributed by atoms with Crippen LogP contribution in [0.25, 0.3) is 0 Å². The molecule has 148 valence electrons. The molecule has 7 nitrogen and oxygen atoms in total. The number of carbonyl (C=O) groups is 2. The van der Waals surface area contributed by atoms with Crippen LogP contribution < -0.4 is 16.2 Å². The average molecular weight is 408 g/mol. The lowest BCUT2D eigenvalue weighted by atomic mass is 10.2. The van der Waals surface area contributed by atoms with Crippen molar-refractivity contribution < 1.29 is 9.59 Å². The fourth-order valence-electron chi connectivity index (χ4n) is 2.62. The Kier molecular flexibility index (Phi) is 6.46. The topological polar surface area (TPSA) is 104 Å². The van der Waals surface area contributed by atoms with Crippen molar-refractivity contribution in [3.63, 3.8) is 0 Å². The second kappa shape index (κ2) is 9.20. The van der Waals surface area contributed by atoms with E-state index in [4.69, 9.17) is 0 Å². The molecule has 0 fully saturated rings. The molecule has 29 heavy (non-hydrogen) atoms. The Hall–Kier alpha value is -3.39. The lowest BCUT2D eigenvalue weighted by Crippen LogP contribution is -2.24. The van der Waals surface area contributed by atoms with E-state index < -0.39 is 17.4 Å². The number of nitrogens with one attached hydrogen (secondary N) is 3. The van der Waals surface area contributed by atoms with Gasteiger partial charge in [-0.2, -0.15) is 0 Å². The number of thioether (sulfide) groups is 1. The smallest absolute Gasteiger partial charge is 0.277 e. The van der Waals surface area contributed by atoms with Gasteiger partial charge in [-0.25, -0.2) is 4.98 Å². The SMILES string of the molecule is CC(=O)Nc1nc(S[C@@H](C)c2ccccc2)[nH]c(=O)c1NC(=O)c1ccccc1. The molecule has 1 atom stereocenters. The first kappa shape index (κ1) is 20.3. The minimum Gasteiger partial charge on any atom is -0.314 e. The number of nitrogens with zero attached hydrogens (tertiary/aromatic N) is 1. The molecule has 2 amide bonds. The Bertz CT molecular complexity index is 1070. The molecule has 0 saturated heterocycles. The number of hydrogen-bond acceptors (Lipinski definition) is 5. The van der Waals surface area contributed by atoms with E-state index in [1.807, 2.05) is 37.3 Å². The monoisotopic (exact) mass is 408 g/mol. The fraction of sp³-hybridized carbons (Fsp3) is 0.143. The van der Waals surface area contributed by atoms with E-state index in [0.29, 0.717) is 10.7 Å². The third-order valence-electron chi connectivity index (χ3n) is 4.02. The summed E-state index contributed by atoms with van der Waals surface area (Å²) in [6.45, 7) is 3.30. The van der Waals surface area contributed by atoms with Crippen molar-refractivity contribution in [3.05, 3.63) is 82.1 Å². The number of aromatic amines is 1. The van der Waals surface area contributed by atoms with E-state index in [-0.39, 0.29) is 16.8 Å². The number of anilines is 2. The molecule has 3 rings (SSSR count). The van der Waals surface area contributed by atoms with Crippen LogP contribution in [0.3, 0.4) is 0 Å². The molecule has 0 aliphatic rings. The molecule has 1 aromatic heterocycles. The van der Waals surface area contributed by atoms with Crippen LogP contribution in [-0.2, 0) is 4.79 Å². The first-order chi connectivity index (χ1) is 13.9. The molecule has 0 aliphatic carbocycles. The number of rotatable bonds is 6. The molecule has 0 bridgehead atoms. The summed E-state index contributed by atoms with van der Waals surface area (Å²) in [5.74, 6) is -0.860. The van der Waals surface area contributed by atoms with E-state index in [2.05, 4.69) is 20.6 Å². The summed E-state index contributed by atoms with van der Waals surface area (Å²) in [6.07, 6.45) is 0. The molecule has 0 radical (unpaired) electrons. The van der Waals surface area contributed by atoms with Crippen LogP contribution in [0.5, 0.6) is 0 Å². The second-order valence-electron chi connectivity index (χ2n) is 6.27. The van der Waals surface area contributed by atoms with Gasteiger partial charge >= 0.3 is 0 Å². The Morgan fingerprint density at radius 1 is 1.00 bits per heavy atom. The van der Waals surface area contributed by atoms with Crippen molar-refractivity contribution in [2.24, 2.45) is 0 Å². The zero-order valence-electron chi connectivity index (χ0n) is 15.9. The summed E-state index contributed by atoms with van der Waals surface area (Å²) in [5.41, 5.74) is 0.807. The first-order valence-electron chi connectivity index (χ1n) is 8.94. The first-order valence-corrected chi connectivity index (χ1v) is 9.82. The minimum absolute atomic E-state index is 0.00768. The predicted octanol–water partition coefficient (Wildman–Crippen LogP) is 3.83. The number of amides is 2. The molecule has 3 aromatic rings. The molecule has 8 heteroatoms. The van der Waals surface area contributed by atoms with Gasteiger partial charge in [-0.05, 0) is 24.6 Å². The predicted molar refractivity (Wildman–Crippen MR) is 114 cm³/mol. The highest BCUT2D eigenvalue weighted by Gasteiger charge is 2.18. The van der Waals surface area contributed by atoms with E-state index in [1.54, 1.807) is 30.3 Å². The van der Waals surface area contributed by atoms with Crippen molar-refractivity contribution in [1.29, 1.82) is 0 Å². The highest BCUT2D eigenvalue weighted by atomic mass is 32.2. The van der Waals surface area contributed by atoms with Gasteiger partial charge in [-0.3, -0.25) is 19.4 Å². The molecule has 1 heterocycles. The molecule has 3 N–H and O–H groups in total. The van der Waals surface area contributed by atoms with Crippen LogP contribution in [0, 0.1) is 0 Å². The lowest BCUT2D eigenvalue weighted by Gasteiger charge is -2.14. The number of carbonyl (C=O) groups excluding carboxylic acids is 2. The van der Waals surface area contributed by atoms with Crippen molar-refractivity contribution in [1.82, 2.24) is 9.97 Å². The third-order valence-corrected chi connectivity index (χ3v) is 5.07. The van der Waals surface area contributed by atoms with E-state index in [1.165, 1.54) is 18.7 Å². The minimum atomic E-state index is -0.546. The Morgan fingerprint density at radius 3 is 2.24 bits per heavy atom. The highest BCUT2D eigenvalue weighted by molar-refractivity contribution is 7.99. The molecule has 0 spiro atoms. The van der Waals surface area contributed by atoms with Crippen LogP contribution in [0.4, 0.5) is 11.5 Å². The van der Waals surface area contributed by atoms with Gasteiger partial charge in [0.05, 0.1) is 0 Å². The van der Waals surface area contributed by atoms with Crippen LogP contribution in [0.1, 0.15) is 35.0 Å². The van der Waals surface area contributed by atoms with Gasteiger partial charge in [-0.15, -0.1) is 0 Å². The summed E-state index contributed by atoms with van der Waals surface area (Å²) in [6, 6.07) is 18.3. The number of benzene rings is 2. The normalized spacial score (nSPS) is 11.5. The van der Waals surface area contributed by atoms with E-state index >= 15 is 0 Å². The summed E-state index contributed by atoms with van der Waals surface area (Å²) in [5, 5.41) is 5.43. The lowest BCUT2D eigenvalue weighted by molar-refractivity contribution is -0.114. The highest BCUT2D eigenvalue weighted by Crippen LogP contribution is 2.33. The fourth-order valence-corrected chi connectivity index (χ4v) is 3.54. The van der Waals surface area contributed by atoms with Gasteiger partial charge < -0.3 is 10.6 Å². The zero-order valence-corrected chi connectivity index (χ0v) is 16.7. The molecule has 0 unspecified atom stereocenters. The second-order valence-corrected chi connectivity index (χ2v) is 7.60. The maximum absolute atomic E-state index is 12.7. The summed E-state index contributed by atoms with van der Waals surface area (Å²) < 4.78 is 0. The van der Waals surface area contributed by atoms with Gasteiger partial charge in [0.15, 0.2) is 16.7 Å². The number of aromatic nitrogens is 2. The van der Waals surface area contributed by atoms with Crippen LogP contribution >= 0.6 is 11.8 Å². The van der Waals surface area contributed by atoms with E-state index in [9.17, 15) is 14.4 Å². The van der Waals surface area contributed by atoms with Crippen LogP contribution in [-0.4, -0.2) is 21.8 Å². The van der Waals surface area contributed by atoms with Crippen molar-refractivity contribution in [2.75, 3.05) is 10.6 Å². The quantitative estimate of drug-likeness (QED) is 0.425. The third kappa shape index (κ3) is 5.32. The molecular formula is C21H20N4O3S. The Morgan fingerprint density at radius 2 is 1.62 bits per heavy atom. The van der Waals surface area contributed by atoms with Gasteiger partial charge in [0.25, 0.3) is 11.5 Å². The van der Waals surface area contributed by atoms with Crippen molar-refractivity contribution >= 4 is 35.1 Å². The molecule has 2 aromatic carbocycles. The maximum atomic E-state index is 12.7. The van der Waals surface area contributed by atoms with Gasteiger partial charge in [0, 0.05) is 17.7 Å². The van der Waals surface area contributed by atoms with Gasteiger partial charge in [0.2, 0.25) is 5.91 Å². The summed E-state index contributed by atoms with van der Waals surface area (Å²) in [4.78, 5) is 43.7. The molecular weight excluding hydrogens is 388 g/mol. The Labute approximate surface area is 172 Å². The standard InChI is InChI=1S/C21H20N4O3S/c1-13(15-9-5-3-6-10-15)29-21-24-18(22-14(2)26)17(20(28)25-21)23-19(27)16-11-7-4-8-12-16/h3-13H,1-2H3,(H,23,27)(H2,22,24,25,26,28)/t13-/m0/s1. The Balaban J connectivity index is 1.90. The van der Waals surface area contributed by atoms with Gasteiger partial charge in [-0.1, -0.05) is 60.3 Å². The number of H-pyrrole nitrogens is 1. The van der Waals surface area contributed by atoms with Crippen molar-refractivity contribution in [3.8, 4) is 0 Å². The number of hydrogen-bond donors (Lipinski definition) is 3. The molecule has 0 aliphatic heterocycles. The zero-order chi connectivity index (χ0) is 20.8. The summed E-state index contributed by atoms with van der Waals surface area (Å²) in [7, 11) is 0. The van der Waals surface area contributed by atoms with E-state index in [0.717, 1.165) is 5.56 Å².